The largest absolute Gasteiger partial charge is 0.391 e. The van der Waals surface area contributed by atoms with Gasteiger partial charge in [-0.3, -0.25) is 4.79 Å². The molecule has 2 heterocycles. The second kappa shape index (κ2) is 11.4. The number of aliphatic hydroxyl groups excluding tert-OH is 4. The van der Waals surface area contributed by atoms with E-state index >= 15 is 0 Å². The Morgan fingerprint density at radius 3 is 2.61 bits per heavy atom. The van der Waals surface area contributed by atoms with Gasteiger partial charge in [-0.2, -0.15) is 11.8 Å². The number of carbonyl (C=O) groups is 1. The van der Waals surface area contributed by atoms with Gasteiger partial charge in [0.05, 0.1) is 18.2 Å². The Hall–Kier alpha value is -0.0700. The van der Waals surface area contributed by atoms with Gasteiger partial charge < -0.3 is 35.8 Å². The minimum atomic E-state index is -1.42. The SMILES string of the molecule is CCCCSC1CNC(C(=O)NC(C(C)O)C2OC(SC)C(O)C(O)C2O)C1. The normalized spacial score (nSPS) is 38.2. The first-order chi connectivity index (χ1) is 13.3. The van der Waals surface area contributed by atoms with Crippen molar-refractivity contribution in [2.24, 2.45) is 0 Å². The van der Waals surface area contributed by atoms with E-state index < -0.39 is 42.0 Å². The van der Waals surface area contributed by atoms with Crippen LogP contribution in [-0.4, -0.2) is 98.2 Å². The van der Waals surface area contributed by atoms with E-state index in [-0.39, 0.29) is 11.9 Å². The van der Waals surface area contributed by atoms with Gasteiger partial charge in [0, 0.05) is 11.8 Å². The fourth-order valence-corrected chi connectivity index (χ4v) is 5.54. The minimum Gasteiger partial charge on any atom is -0.391 e. The van der Waals surface area contributed by atoms with Crippen LogP contribution in [0.4, 0.5) is 0 Å². The zero-order chi connectivity index (χ0) is 20.8. The lowest BCUT2D eigenvalue weighted by Gasteiger charge is -2.44. The maximum absolute atomic E-state index is 12.7. The molecule has 28 heavy (non-hydrogen) atoms. The molecule has 2 rings (SSSR count). The van der Waals surface area contributed by atoms with Crippen LogP contribution in [0.1, 0.15) is 33.1 Å². The minimum absolute atomic E-state index is 0.262. The highest BCUT2D eigenvalue weighted by Crippen LogP contribution is 2.30. The van der Waals surface area contributed by atoms with E-state index in [1.54, 1.807) is 6.26 Å². The molecular formula is C18H34N2O6S2. The van der Waals surface area contributed by atoms with Crippen molar-refractivity contribution in [1.29, 1.82) is 0 Å². The average molecular weight is 439 g/mol. The standard InChI is InChI=1S/C18H34N2O6S2/c1-4-5-6-28-10-7-11(19-8-10)17(25)20-12(9(2)21)16-14(23)13(22)15(24)18(26-16)27-3/h9-16,18-19,21-24H,4-8H2,1-3H3,(H,20,25). The third-order valence-corrected chi connectivity index (χ3v) is 7.49. The van der Waals surface area contributed by atoms with Gasteiger partial charge >= 0.3 is 0 Å². The number of unbranched alkanes of at least 4 members (excludes halogenated alkanes) is 1. The van der Waals surface area contributed by atoms with Crippen LogP contribution >= 0.6 is 23.5 Å². The molecule has 0 bridgehead atoms. The molecular weight excluding hydrogens is 404 g/mol. The summed E-state index contributed by atoms with van der Waals surface area (Å²) in [4.78, 5) is 12.7. The molecule has 1 amide bonds. The van der Waals surface area contributed by atoms with Gasteiger partial charge in [0.15, 0.2) is 0 Å². The van der Waals surface area contributed by atoms with E-state index in [0.29, 0.717) is 11.7 Å². The summed E-state index contributed by atoms with van der Waals surface area (Å²) in [5.41, 5.74) is -0.759. The lowest BCUT2D eigenvalue weighted by molar-refractivity contribution is -0.211. The maximum Gasteiger partial charge on any atom is 0.237 e. The molecule has 0 saturated carbocycles. The summed E-state index contributed by atoms with van der Waals surface area (Å²) in [6.45, 7) is 4.41. The molecule has 10 heteroatoms. The van der Waals surface area contributed by atoms with Gasteiger partial charge in [0.1, 0.15) is 29.9 Å². The Morgan fingerprint density at radius 1 is 1.29 bits per heavy atom. The highest BCUT2D eigenvalue weighted by atomic mass is 32.2. The molecule has 2 aliphatic heterocycles. The Labute approximate surface area is 175 Å². The van der Waals surface area contributed by atoms with Crippen LogP contribution in [-0.2, 0) is 9.53 Å². The molecule has 0 radical (unpaired) electrons. The van der Waals surface area contributed by atoms with E-state index in [9.17, 15) is 25.2 Å². The molecule has 8 nitrogen and oxygen atoms in total. The molecule has 0 spiro atoms. The predicted octanol–water partition coefficient (Wildman–Crippen LogP) is -0.714. The molecule has 9 atom stereocenters. The molecule has 164 valence electrons. The number of ether oxygens (including phenoxy) is 1. The van der Waals surface area contributed by atoms with Crippen molar-refractivity contribution in [2.75, 3.05) is 18.6 Å². The third kappa shape index (κ3) is 5.98. The van der Waals surface area contributed by atoms with Gasteiger partial charge in [-0.1, -0.05) is 13.3 Å². The van der Waals surface area contributed by atoms with Crippen LogP contribution in [0.5, 0.6) is 0 Å². The smallest absolute Gasteiger partial charge is 0.237 e. The van der Waals surface area contributed by atoms with E-state index in [1.807, 2.05) is 11.8 Å². The lowest BCUT2D eigenvalue weighted by atomic mass is 9.92. The summed E-state index contributed by atoms with van der Waals surface area (Å²) >= 11 is 3.06. The topological polar surface area (TPSA) is 131 Å². The van der Waals surface area contributed by atoms with Gasteiger partial charge in [0.25, 0.3) is 0 Å². The summed E-state index contributed by atoms with van der Waals surface area (Å²) in [6.07, 6.45) is -1.41. The van der Waals surface area contributed by atoms with Crippen molar-refractivity contribution in [1.82, 2.24) is 10.6 Å². The van der Waals surface area contributed by atoms with Crippen LogP contribution in [0.25, 0.3) is 0 Å². The Bertz CT molecular complexity index is 499. The number of hydrogen-bond acceptors (Lipinski definition) is 9. The molecule has 0 aromatic carbocycles. The first kappa shape index (κ1) is 24.2. The predicted molar refractivity (Wildman–Crippen MR) is 111 cm³/mol. The summed E-state index contributed by atoms with van der Waals surface area (Å²) in [5, 5.41) is 47.1. The van der Waals surface area contributed by atoms with Crippen molar-refractivity contribution < 1.29 is 30.0 Å². The van der Waals surface area contributed by atoms with Crippen molar-refractivity contribution in [3.8, 4) is 0 Å². The van der Waals surface area contributed by atoms with Crippen LogP contribution in [0.3, 0.4) is 0 Å². The number of carbonyl (C=O) groups excluding carboxylic acids is 1. The molecule has 9 unspecified atom stereocenters. The number of amides is 1. The fraction of sp³-hybridized carbons (Fsp3) is 0.944. The second-order valence-electron chi connectivity index (χ2n) is 7.49. The Kier molecular flexibility index (Phi) is 9.82. The van der Waals surface area contributed by atoms with E-state index in [0.717, 1.165) is 25.1 Å². The maximum atomic E-state index is 12.7. The Balaban J connectivity index is 1.98. The van der Waals surface area contributed by atoms with E-state index in [4.69, 9.17) is 4.74 Å². The fourth-order valence-electron chi connectivity index (χ4n) is 3.53. The lowest BCUT2D eigenvalue weighted by Crippen LogP contribution is -2.65. The summed E-state index contributed by atoms with van der Waals surface area (Å²) in [7, 11) is 0. The summed E-state index contributed by atoms with van der Waals surface area (Å²) < 4.78 is 5.71. The van der Waals surface area contributed by atoms with Crippen LogP contribution in [0, 0.1) is 0 Å². The summed E-state index contributed by atoms with van der Waals surface area (Å²) in [5.74, 6) is 0.813. The van der Waals surface area contributed by atoms with Crippen molar-refractivity contribution in [3.63, 3.8) is 0 Å². The number of aliphatic hydroxyl groups is 4. The number of thioether (sulfide) groups is 2. The highest BCUT2D eigenvalue weighted by molar-refractivity contribution is 8.00. The van der Waals surface area contributed by atoms with Crippen LogP contribution < -0.4 is 10.6 Å². The average Bonchev–Trinajstić information content (AvgIpc) is 3.14. The van der Waals surface area contributed by atoms with Crippen LogP contribution in [0.15, 0.2) is 0 Å². The molecule has 0 aromatic heterocycles. The summed E-state index contributed by atoms with van der Waals surface area (Å²) in [6, 6.07) is -1.28. The molecule has 0 aliphatic carbocycles. The molecule has 2 saturated heterocycles. The molecule has 0 aromatic rings. The second-order valence-corrected chi connectivity index (χ2v) is 9.84. The first-order valence-corrected chi connectivity index (χ1v) is 12.2. The van der Waals surface area contributed by atoms with Crippen LogP contribution in [0.2, 0.25) is 0 Å². The monoisotopic (exact) mass is 438 g/mol. The van der Waals surface area contributed by atoms with Gasteiger partial charge in [0.2, 0.25) is 5.91 Å². The van der Waals surface area contributed by atoms with Gasteiger partial charge in [-0.25, -0.2) is 0 Å². The molecule has 6 N–H and O–H groups in total. The van der Waals surface area contributed by atoms with E-state index in [1.165, 1.54) is 18.7 Å². The Morgan fingerprint density at radius 2 is 2.00 bits per heavy atom. The zero-order valence-electron chi connectivity index (χ0n) is 16.7. The third-order valence-electron chi connectivity index (χ3n) is 5.28. The first-order valence-electron chi connectivity index (χ1n) is 9.86. The number of nitrogens with one attached hydrogen (secondary N) is 2. The quantitative estimate of drug-likeness (QED) is 0.258. The van der Waals surface area contributed by atoms with Gasteiger partial charge in [-0.15, -0.1) is 11.8 Å². The number of rotatable bonds is 9. The van der Waals surface area contributed by atoms with E-state index in [2.05, 4.69) is 17.6 Å². The van der Waals surface area contributed by atoms with Crippen molar-refractivity contribution >= 4 is 29.4 Å². The number of hydrogen-bond donors (Lipinski definition) is 6. The highest BCUT2D eigenvalue weighted by Gasteiger charge is 2.48. The molecule has 2 aliphatic rings. The molecule has 2 fully saturated rings. The van der Waals surface area contributed by atoms with Crippen molar-refractivity contribution in [2.45, 2.75) is 86.4 Å². The van der Waals surface area contributed by atoms with Crippen molar-refractivity contribution in [3.05, 3.63) is 0 Å². The van der Waals surface area contributed by atoms with Gasteiger partial charge in [-0.05, 0) is 31.8 Å². The zero-order valence-corrected chi connectivity index (χ0v) is 18.3.